The van der Waals surface area contributed by atoms with Gasteiger partial charge in [0.25, 0.3) is 0 Å². The zero-order chi connectivity index (χ0) is 17.4. The molecule has 1 heterocycles. The fourth-order valence-corrected chi connectivity index (χ4v) is 3.88. The smallest absolute Gasteiger partial charge is 0.232 e. The standard InChI is InChI=1S/C19H30N2O2S/c1-20(19(22)15-24-3)13-16-7-6-11-21(14-16)12-10-17-8-4-5-9-18(17)23-2/h4-5,8-9,16H,6-7,10-15H2,1-3H3/t16-/m1/s1. The highest BCUT2D eigenvalue weighted by atomic mass is 32.2. The second kappa shape index (κ2) is 9.94. The molecule has 0 aromatic heterocycles. The number of rotatable bonds is 8. The molecule has 24 heavy (non-hydrogen) atoms. The van der Waals surface area contributed by atoms with Gasteiger partial charge in [-0.1, -0.05) is 18.2 Å². The summed E-state index contributed by atoms with van der Waals surface area (Å²) in [5.41, 5.74) is 1.27. The molecule has 1 atom stereocenters. The number of nitrogens with zero attached hydrogens (tertiary/aromatic N) is 2. The minimum Gasteiger partial charge on any atom is -0.496 e. The quantitative estimate of drug-likeness (QED) is 0.722. The molecule has 0 bridgehead atoms. The highest BCUT2D eigenvalue weighted by Gasteiger charge is 2.22. The van der Waals surface area contributed by atoms with Gasteiger partial charge in [-0.05, 0) is 49.6 Å². The molecule has 0 spiro atoms. The van der Waals surface area contributed by atoms with E-state index in [1.165, 1.54) is 18.4 Å². The van der Waals surface area contributed by atoms with Crippen molar-refractivity contribution in [3.8, 4) is 5.75 Å². The average Bonchev–Trinajstić information content (AvgIpc) is 2.60. The van der Waals surface area contributed by atoms with Crippen LogP contribution in [0, 0.1) is 5.92 Å². The normalized spacial score (nSPS) is 18.4. The molecule has 1 saturated heterocycles. The second-order valence-electron chi connectivity index (χ2n) is 6.58. The Morgan fingerprint density at radius 3 is 2.96 bits per heavy atom. The molecule has 1 aromatic rings. The van der Waals surface area contributed by atoms with E-state index in [1.807, 2.05) is 30.3 Å². The van der Waals surface area contributed by atoms with Crippen molar-refractivity contribution in [1.29, 1.82) is 0 Å². The predicted octanol–water partition coefficient (Wildman–Crippen LogP) is 2.77. The van der Waals surface area contributed by atoms with Crippen LogP contribution in [0.5, 0.6) is 5.75 Å². The van der Waals surface area contributed by atoms with Gasteiger partial charge in [0.2, 0.25) is 5.91 Å². The van der Waals surface area contributed by atoms with Crippen molar-refractivity contribution in [3.05, 3.63) is 29.8 Å². The van der Waals surface area contributed by atoms with Gasteiger partial charge in [0, 0.05) is 26.7 Å². The summed E-state index contributed by atoms with van der Waals surface area (Å²) in [6, 6.07) is 8.26. The molecular formula is C19H30N2O2S. The summed E-state index contributed by atoms with van der Waals surface area (Å²) in [5.74, 6) is 2.40. The molecule has 0 saturated carbocycles. The highest BCUT2D eigenvalue weighted by molar-refractivity contribution is 7.99. The number of benzene rings is 1. The lowest BCUT2D eigenvalue weighted by Crippen LogP contribution is -2.42. The van der Waals surface area contributed by atoms with Crippen molar-refractivity contribution in [2.24, 2.45) is 5.92 Å². The van der Waals surface area contributed by atoms with Crippen LogP contribution in [-0.2, 0) is 11.2 Å². The van der Waals surface area contributed by atoms with E-state index in [2.05, 4.69) is 17.0 Å². The summed E-state index contributed by atoms with van der Waals surface area (Å²) >= 11 is 1.60. The first-order valence-electron chi connectivity index (χ1n) is 8.71. The Balaban J connectivity index is 1.81. The zero-order valence-electron chi connectivity index (χ0n) is 15.2. The molecule has 2 rings (SSSR count). The van der Waals surface area contributed by atoms with Gasteiger partial charge in [0.05, 0.1) is 12.9 Å². The molecule has 1 fully saturated rings. The number of para-hydroxylation sites is 1. The SMILES string of the molecule is COc1ccccc1CCN1CCC[C@H](CN(C)C(=O)CSC)C1. The van der Waals surface area contributed by atoms with Crippen LogP contribution in [0.25, 0.3) is 0 Å². The molecule has 1 aliphatic rings. The fourth-order valence-electron chi connectivity index (χ4n) is 3.41. The molecule has 1 amide bonds. The van der Waals surface area contributed by atoms with Crippen molar-refractivity contribution in [2.75, 3.05) is 52.3 Å². The average molecular weight is 351 g/mol. The van der Waals surface area contributed by atoms with Crippen LogP contribution in [0.15, 0.2) is 24.3 Å². The Morgan fingerprint density at radius 1 is 1.42 bits per heavy atom. The Labute approximate surface area is 150 Å². The minimum absolute atomic E-state index is 0.244. The first-order chi connectivity index (χ1) is 11.6. The van der Waals surface area contributed by atoms with Crippen molar-refractivity contribution in [1.82, 2.24) is 9.80 Å². The van der Waals surface area contributed by atoms with E-state index in [9.17, 15) is 4.79 Å². The third kappa shape index (κ3) is 5.71. The number of hydrogen-bond acceptors (Lipinski definition) is 4. The third-order valence-electron chi connectivity index (χ3n) is 4.72. The zero-order valence-corrected chi connectivity index (χ0v) is 16.0. The van der Waals surface area contributed by atoms with Gasteiger partial charge in [0.15, 0.2) is 0 Å². The summed E-state index contributed by atoms with van der Waals surface area (Å²) in [5, 5.41) is 0. The highest BCUT2D eigenvalue weighted by Crippen LogP contribution is 2.21. The van der Waals surface area contributed by atoms with Crippen LogP contribution in [0.2, 0.25) is 0 Å². The fraction of sp³-hybridized carbons (Fsp3) is 0.632. The van der Waals surface area contributed by atoms with Gasteiger partial charge in [-0.15, -0.1) is 0 Å². The number of carbonyl (C=O) groups excluding carboxylic acids is 1. The molecule has 5 heteroatoms. The topological polar surface area (TPSA) is 32.8 Å². The third-order valence-corrected chi connectivity index (χ3v) is 5.25. The molecule has 0 radical (unpaired) electrons. The van der Waals surface area contributed by atoms with Crippen LogP contribution < -0.4 is 4.74 Å². The van der Waals surface area contributed by atoms with Gasteiger partial charge >= 0.3 is 0 Å². The van der Waals surface area contributed by atoms with Crippen LogP contribution in [0.4, 0.5) is 0 Å². The summed E-state index contributed by atoms with van der Waals surface area (Å²) in [6.45, 7) is 4.18. The monoisotopic (exact) mass is 350 g/mol. The number of carbonyl (C=O) groups is 1. The van der Waals surface area contributed by atoms with Crippen molar-refractivity contribution >= 4 is 17.7 Å². The molecule has 1 aliphatic heterocycles. The lowest BCUT2D eigenvalue weighted by atomic mass is 9.97. The summed E-state index contributed by atoms with van der Waals surface area (Å²) in [6.07, 6.45) is 5.44. The second-order valence-corrected chi connectivity index (χ2v) is 7.44. The first-order valence-corrected chi connectivity index (χ1v) is 10.1. The lowest BCUT2D eigenvalue weighted by Gasteiger charge is -2.34. The maximum absolute atomic E-state index is 12.0. The number of methoxy groups -OCH3 is 1. The Morgan fingerprint density at radius 2 is 2.21 bits per heavy atom. The van der Waals surface area contributed by atoms with E-state index in [4.69, 9.17) is 4.74 Å². The summed E-state index contributed by atoms with van der Waals surface area (Å²) in [7, 11) is 3.67. The Hall–Kier alpha value is -1.20. The van der Waals surface area contributed by atoms with Crippen LogP contribution in [0.3, 0.4) is 0 Å². The molecule has 4 nitrogen and oxygen atoms in total. The lowest BCUT2D eigenvalue weighted by molar-refractivity contribution is -0.127. The van der Waals surface area contributed by atoms with E-state index in [-0.39, 0.29) is 5.91 Å². The van der Waals surface area contributed by atoms with Crippen LogP contribution in [0.1, 0.15) is 18.4 Å². The maximum atomic E-state index is 12.0. The van der Waals surface area contributed by atoms with Gasteiger partial charge in [-0.2, -0.15) is 11.8 Å². The Kier molecular flexibility index (Phi) is 7.92. The maximum Gasteiger partial charge on any atom is 0.232 e. The van der Waals surface area contributed by atoms with Crippen molar-refractivity contribution in [3.63, 3.8) is 0 Å². The van der Waals surface area contributed by atoms with E-state index in [0.717, 1.165) is 38.3 Å². The minimum atomic E-state index is 0.244. The summed E-state index contributed by atoms with van der Waals surface area (Å²) < 4.78 is 5.44. The first kappa shape index (κ1) is 19.1. The van der Waals surface area contributed by atoms with Gasteiger partial charge < -0.3 is 14.5 Å². The van der Waals surface area contributed by atoms with E-state index >= 15 is 0 Å². The van der Waals surface area contributed by atoms with E-state index in [1.54, 1.807) is 18.9 Å². The largest absolute Gasteiger partial charge is 0.496 e. The van der Waals surface area contributed by atoms with Crippen LogP contribution in [-0.4, -0.2) is 68.1 Å². The Bertz CT molecular complexity index is 524. The number of likely N-dealkylation sites (tertiary alicyclic amines) is 1. The number of ether oxygens (including phenoxy) is 1. The molecule has 1 aromatic carbocycles. The number of hydrogen-bond donors (Lipinski definition) is 0. The molecule has 134 valence electrons. The van der Waals surface area contributed by atoms with Gasteiger partial charge in [-0.3, -0.25) is 4.79 Å². The molecule has 0 aliphatic carbocycles. The van der Waals surface area contributed by atoms with Gasteiger partial charge in [0.1, 0.15) is 5.75 Å². The number of piperidine rings is 1. The molecule has 0 unspecified atom stereocenters. The van der Waals surface area contributed by atoms with Crippen molar-refractivity contribution in [2.45, 2.75) is 19.3 Å². The van der Waals surface area contributed by atoms with E-state index in [0.29, 0.717) is 11.7 Å². The predicted molar refractivity (Wildman–Crippen MR) is 102 cm³/mol. The van der Waals surface area contributed by atoms with Crippen molar-refractivity contribution < 1.29 is 9.53 Å². The molecule has 0 N–H and O–H groups in total. The van der Waals surface area contributed by atoms with E-state index < -0.39 is 0 Å². The number of amides is 1. The van der Waals surface area contributed by atoms with Crippen LogP contribution >= 0.6 is 11.8 Å². The number of thioether (sulfide) groups is 1. The summed E-state index contributed by atoms with van der Waals surface area (Å²) in [4.78, 5) is 16.4. The van der Waals surface area contributed by atoms with Gasteiger partial charge in [-0.25, -0.2) is 0 Å². The molecular weight excluding hydrogens is 320 g/mol.